The van der Waals surface area contributed by atoms with Crippen LogP contribution in [0.15, 0.2) is 42.5 Å². The van der Waals surface area contributed by atoms with E-state index >= 15 is 0 Å². The second-order valence-electron chi connectivity index (χ2n) is 4.69. The largest absolute Gasteiger partial charge is 0.381 e. The first kappa shape index (κ1) is 13.9. The van der Waals surface area contributed by atoms with Crippen LogP contribution in [-0.2, 0) is 6.54 Å². The maximum atomic E-state index is 13.9. The van der Waals surface area contributed by atoms with Crippen LogP contribution in [0, 0.1) is 17.1 Å². The SMILES string of the molecule is CN(C)c1ccc(NCc2cccc(C#N)c2F)cc1. The standard InChI is InChI=1S/C16H16FN3/c1-20(2)15-8-6-14(7-9-15)19-11-13-5-3-4-12(10-18)16(13)17/h3-9,19H,11H2,1-2H3. The van der Waals surface area contributed by atoms with E-state index in [2.05, 4.69) is 5.32 Å². The van der Waals surface area contributed by atoms with E-state index in [0.29, 0.717) is 12.1 Å². The van der Waals surface area contributed by atoms with Crippen LogP contribution in [0.1, 0.15) is 11.1 Å². The Morgan fingerprint density at radius 3 is 2.45 bits per heavy atom. The van der Waals surface area contributed by atoms with Crippen LogP contribution >= 0.6 is 0 Å². The van der Waals surface area contributed by atoms with E-state index in [1.807, 2.05) is 49.3 Å². The van der Waals surface area contributed by atoms with Crippen molar-refractivity contribution < 1.29 is 4.39 Å². The van der Waals surface area contributed by atoms with Crippen molar-refractivity contribution in [3.8, 4) is 6.07 Å². The first-order valence-electron chi connectivity index (χ1n) is 6.30. The number of nitriles is 1. The molecule has 1 N–H and O–H groups in total. The van der Waals surface area contributed by atoms with Gasteiger partial charge in [0.2, 0.25) is 0 Å². The molecule has 0 bridgehead atoms. The Balaban J connectivity index is 2.07. The molecule has 0 fully saturated rings. The molecule has 0 saturated carbocycles. The highest BCUT2D eigenvalue weighted by Crippen LogP contribution is 2.18. The molecule has 0 aliphatic heterocycles. The number of hydrogen-bond donors (Lipinski definition) is 1. The zero-order chi connectivity index (χ0) is 14.5. The van der Waals surface area contributed by atoms with Gasteiger partial charge in [0.25, 0.3) is 0 Å². The number of rotatable bonds is 4. The predicted molar refractivity (Wildman–Crippen MR) is 79.2 cm³/mol. The zero-order valence-electron chi connectivity index (χ0n) is 11.5. The summed E-state index contributed by atoms with van der Waals surface area (Å²) in [5, 5.41) is 11.9. The van der Waals surface area contributed by atoms with Crippen LogP contribution in [0.3, 0.4) is 0 Å². The molecule has 0 spiro atoms. The van der Waals surface area contributed by atoms with E-state index in [1.165, 1.54) is 6.07 Å². The van der Waals surface area contributed by atoms with E-state index in [0.717, 1.165) is 11.4 Å². The molecule has 0 unspecified atom stereocenters. The summed E-state index contributed by atoms with van der Waals surface area (Å²) < 4.78 is 13.9. The molecule has 0 amide bonds. The van der Waals surface area contributed by atoms with Crippen molar-refractivity contribution in [3.63, 3.8) is 0 Å². The number of halogens is 1. The van der Waals surface area contributed by atoms with Crippen molar-refractivity contribution in [1.29, 1.82) is 5.26 Å². The third-order valence-corrected chi connectivity index (χ3v) is 3.07. The summed E-state index contributed by atoms with van der Waals surface area (Å²) in [6.45, 7) is 0.350. The summed E-state index contributed by atoms with van der Waals surface area (Å²) in [6.07, 6.45) is 0. The minimum Gasteiger partial charge on any atom is -0.381 e. The molecule has 2 aromatic carbocycles. The fourth-order valence-electron chi connectivity index (χ4n) is 1.88. The van der Waals surface area contributed by atoms with Crippen LogP contribution in [0.25, 0.3) is 0 Å². The minimum absolute atomic E-state index is 0.0762. The average Bonchev–Trinajstić information content (AvgIpc) is 2.46. The highest BCUT2D eigenvalue weighted by molar-refractivity contribution is 5.54. The summed E-state index contributed by atoms with van der Waals surface area (Å²) in [6, 6.07) is 14.6. The van der Waals surface area contributed by atoms with E-state index in [4.69, 9.17) is 5.26 Å². The molecule has 0 radical (unpaired) electrons. The normalized spacial score (nSPS) is 9.90. The number of benzene rings is 2. The van der Waals surface area contributed by atoms with E-state index in [1.54, 1.807) is 12.1 Å². The second-order valence-corrected chi connectivity index (χ2v) is 4.69. The lowest BCUT2D eigenvalue weighted by molar-refractivity contribution is 0.609. The van der Waals surface area contributed by atoms with Crippen molar-refractivity contribution in [2.45, 2.75) is 6.54 Å². The van der Waals surface area contributed by atoms with Crippen LogP contribution in [-0.4, -0.2) is 14.1 Å². The number of anilines is 2. The van der Waals surface area contributed by atoms with Gasteiger partial charge < -0.3 is 10.2 Å². The molecule has 0 aliphatic carbocycles. The Kier molecular flexibility index (Phi) is 4.21. The molecular formula is C16H16FN3. The summed E-state index contributed by atoms with van der Waals surface area (Å²) >= 11 is 0. The lowest BCUT2D eigenvalue weighted by Crippen LogP contribution is -2.08. The Bertz CT molecular complexity index is 627. The molecule has 2 rings (SSSR count). The van der Waals surface area contributed by atoms with Gasteiger partial charge in [0.15, 0.2) is 0 Å². The maximum Gasteiger partial charge on any atom is 0.145 e. The van der Waals surface area contributed by atoms with E-state index in [9.17, 15) is 4.39 Å². The third kappa shape index (κ3) is 3.07. The molecule has 4 heteroatoms. The smallest absolute Gasteiger partial charge is 0.145 e. The molecular weight excluding hydrogens is 253 g/mol. The van der Waals surface area contributed by atoms with Gasteiger partial charge in [0, 0.05) is 37.6 Å². The molecule has 20 heavy (non-hydrogen) atoms. The Morgan fingerprint density at radius 2 is 1.85 bits per heavy atom. The van der Waals surface area contributed by atoms with Crippen molar-refractivity contribution in [1.82, 2.24) is 0 Å². The van der Waals surface area contributed by atoms with Crippen molar-refractivity contribution in [2.24, 2.45) is 0 Å². The lowest BCUT2D eigenvalue weighted by Gasteiger charge is -2.13. The van der Waals surface area contributed by atoms with Gasteiger partial charge in [-0.05, 0) is 30.3 Å². The average molecular weight is 269 g/mol. The summed E-state index contributed by atoms with van der Waals surface area (Å²) in [5.41, 5.74) is 2.58. The van der Waals surface area contributed by atoms with Crippen LogP contribution < -0.4 is 10.2 Å². The predicted octanol–water partition coefficient (Wildman–Crippen LogP) is 3.38. The van der Waals surface area contributed by atoms with Crippen LogP contribution in [0.2, 0.25) is 0 Å². The molecule has 0 saturated heterocycles. The third-order valence-electron chi connectivity index (χ3n) is 3.07. The van der Waals surface area contributed by atoms with E-state index in [-0.39, 0.29) is 5.56 Å². The molecule has 0 heterocycles. The highest BCUT2D eigenvalue weighted by Gasteiger charge is 2.07. The van der Waals surface area contributed by atoms with Gasteiger partial charge in [-0.1, -0.05) is 12.1 Å². The number of hydrogen-bond acceptors (Lipinski definition) is 3. The van der Waals surface area contributed by atoms with Gasteiger partial charge in [-0.3, -0.25) is 0 Å². The fourth-order valence-corrected chi connectivity index (χ4v) is 1.88. The second kappa shape index (κ2) is 6.07. The van der Waals surface area contributed by atoms with Gasteiger partial charge in [-0.25, -0.2) is 4.39 Å². The van der Waals surface area contributed by atoms with Gasteiger partial charge in [-0.15, -0.1) is 0 Å². The molecule has 2 aromatic rings. The van der Waals surface area contributed by atoms with Gasteiger partial charge >= 0.3 is 0 Å². The summed E-state index contributed by atoms with van der Waals surface area (Å²) in [7, 11) is 3.95. The monoisotopic (exact) mass is 269 g/mol. The number of nitrogens with zero attached hydrogens (tertiary/aromatic N) is 2. The van der Waals surface area contributed by atoms with Crippen LogP contribution in [0.4, 0.5) is 15.8 Å². The fraction of sp³-hybridized carbons (Fsp3) is 0.188. The maximum absolute atomic E-state index is 13.9. The first-order valence-corrected chi connectivity index (χ1v) is 6.30. The van der Waals surface area contributed by atoms with Gasteiger partial charge in [-0.2, -0.15) is 5.26 Å². The van der Waals surface area contributed by atoms with E-state index < -0.39 is 5.82 Å². The molecule has 0 aliphatic rings. The van der Waals surface area contributed by atoms with Crippen molar-refractivity contribution >= 4 is 11.4 Å². The first-order chi connectivity index (χ1) is 9.61. The molecule has 3 nitrogen and oxygen atoms in total. The molecule has 0 aromatic heterocycles. The highest BCUT2D eigenvalue weighted by atomic mass is 19.1. The Morgan fingerprint density at radius 1 is 1.15 bits per heavy atom. The van der Waals surface area contributed by atoms with Gasteiger partial charge in [0.05, 0.1) is 5.56 Å². The quantitative estimate of drug-likeness (QED) is 0.924. The van der Waals surface area contributed by atoms with Crippen LogP contribution in [0.5, 0.6) is 0 Å². The number of nitrogens with one attached hydrogen (secondary N) is 1. The topological polar surface area (TPSA) is 39.1 Å². The summed E-state index contributed by atoms with van der Waals surface area (Å²) in [4.78, 5) is 2.01. The van der Waals surface area contributed by atoms with Crippen molar-refractivity contribution in [2.75, 3.05) is 24.3 Å². The summed E-state index contributed by atoms with van der Waals surface area (Å²) in [5.74, 6) is -0.451. The molecule has 0 atom stereocenters. The zero-order valence-corrected chi connectivity index (χ0v) is 11.5. The Labute approximate surface area is 118 Å². The van der Waals surface area contributed by atoms with Gasteiger partial charge in [0.1, 0.15) is 11.9 Å². The van der Waals surface area contributed by atoms with Crippen molar-refractivity contribution in [3.05, 3.63) is 59.4 Å². The minimum atomic E-state index is -0.451. The lowest BCUT2D eigenvalue weighted by atomic mass is 10.1. The Hall–Kier alpha value is -2.54. The molecule has 102 valence electrons.